The number of rotatable bonds is 5. The van der Waals surface area contributed by atoms with E-state index in [-0.39, 0.29) is 0 Å². The van der Waals surface area contributed by atoms with E-state index in [1.54, 1.807) is 19.1 Å². The Morgan fingerprint density at radius 1 is 1.00 bits per heavy atom. The molecule has 0 amide bonds. The Hall–Kier alpha value is -3.43. The van der Waals surface area contributed by atoms with Gasteiger partial charge in [-0.05, 0) is 59.5 Å². The number of H-pyrrole nitrogens is 1. The smallest absolute Gasteiger partial charge is 0.389 e. The molecule has 0 radical (unpaired) electrons. The number of benzene rings is 3. The van der Waals surface area contributed by atoms with E-state index < -0.39 is 26.3 Å². The Morgan fingerprint density at radius 2 is 1.70 bits per heavy atom. The van der Waals surface area contributed by atoms with Crippen molar-refractivity contribution in [2.24, 2.45) is 0 Å². The van der Waals surface area contributed by atoms with Crippen LogP contribution >= 0.6 is 0 Å². The fourth-order valence-electron chi connectivity index (χ4n) is 3.47. The summed E-state index contributed by atoms with van der Waals surface area (Å²) in [5, 5.41) is 10.0. The summed E-state index contributed by atoms with van der Waals surface area (Å²) in [6.07, 6.45) is 2.65. The fraction of sp³-hybridized carbons (Fsp3) is 0.125. The number of fused-ring (bicyclic) bond motifs is 1. The molecule has 0 spiro atoms. The number of aliphatic hydroxyl groups excluding tert-OH is 1. The maximum atomic E-state index is 12.7. The highest BCUT2D eigenvalue weighted by Crippen LogP contribution is 2.31. The quantitative estimate of drug-likeness (QED) is 0.388. The predicted molar refractivity (Wildman–Crippen MR) is 121 cm³/mol. The summed E-state index contributed by atoms with van der Waals surface area (Å²) in [6, 6.07) is 17.7. The zero-order chi connectivity index (χ0) is 23.8. The van der Waals surface area contributed by atoms with Crippen molar-refractivity contribution in [1.29, 1.82) is 0 Å². The number of halogens is 3. The molecule has 0 saturated carbocycles. The van der Waals surface area contributed by atoms with E-state index in [9.17, 15) is 26.7 Å². The summed E-state index contributed by atoms with van der Waals surface area (Å²) in [5.74, 6) is 0.526. The van der Waals surface area contributed by atoms with Gasteiger partial charge in [-0.2, -0.15) is 13.2 Å². The SMILES string of the molecule is CC(O)c1ccccc1-c1ccc2nc(/C=C/c3ccc(S(=O)(=O)C(F)(F)F)cc3)[nH]c2c1. The van der Waals surface area contributed by atoms with Crippen LogP contribution in [0.5, 0.6) is 0 Å². The Labute approximate surface area is 188 Å². The number of hydrogen-bond donors (Lipinski definition) is 2. The van der Waals surface area contributed by atoms with Crippen molar-refractivity contribution in [3.8, 4) is 11.1 Å². The standard InChI is InChI=1S/C24H19F3N2O3S/c1-15(30)19-4-2-3-5-20(19)17-9-12-21-22(14-17)29-23(28-21)13-8-16-6-10-18(11-7-16)33(31,32)24(25,26)27/h2-15,30H,1H3,(H,28,29)/b13-8+. The number of nitrogens with zero attached hydrogens (tertiary/aromatic N) is 1. The molecule has 4 rings (SSSR count). The molecular weight excluding hydrogens is 453 g/mol. The summed E-state index contributed by atoms with van der Waals surface area (Å²) in [5.41, 5.74) is -0.684. The van der Waals surface area contributed by atoms with Crippen LogP contribution in [0.15, 0.2) is 71.6 Å². The lowest BCUT2D eigenvalue weighted by atomic mass is 9.96. The van der Waals surface area contributed by atoms with Crippen LogP contribution < -0.4 is 0 Å². The van der Waals surface area contributed by atoms with E-state index in [2.05, 4.69) is 9.97 Å². The topological polar surface area (TPSA) is 83.1 Å². The minimum absolute atomic E-state index is 0.517. The van der Waals surface area contributed by atoms with Gasteiger partial charge in [-0.25, -0.2) is 13.4 Å². The Morgan fingerprint density at radius 3 is 2.36 bits per heavy atom. The first kappa shape index (κ1) is 22.8. The second-order valence-corrected chi connectivity index (χ2v) is 9.41. The largest absolute Gasteiger partial charge is 0.501 e. The molecule has 3 aromatic carbocycles. The molecule has 0 saturated heterocycles. The zero-order valence-electron chi connectivity index (χ0n) is 17.3. The lowest BCUT2D eigenvalue weighted by Crippen LogP contribution is -2.23. The van der Waals surface area contributed by atoms with Crippen LogP contribution in [0.1, 0.15) is 30.0 Å². The first-order chi connectivity index (χ1) is 15.6. The normalized spacial score (nSPS) is 13.6. The van der Waals surface area contributed by atoms with Gasteiger partial charge in [0.1, 0.15) is 5.82 Å². The number of sulfone groups is 1. The number of hydrogen-bond acceptors (Lipinski definition) is 4. The monoisotopic (exact) mass is 472 g/mol. The molecule has 0 aliphatic heterocycles. The molecule has 170 valence electrons. The summed E-state index contributed by atoms with van der Waals surface area (Å²) in [6.45, 7) is 1.71. The molecule has 1 heterocycles. The van der Waals surface area contributed by atoms with Crippen LogP contribution in [-0.2, 0) is 9.84 Å². The van der Waals surface area contributed by atoms with Crippen molar-refractivity contribution < 1.29 is 26.7 Å². The van der Waals surface area contributed by atoms with E-state index >= 15 is 0 Å². The number of alkyl halides is 3. The molecule has 0 aliphatic carbocycles. The second-order valence-electron chi connectivity index (χ2n) is 7.47. The van der Waals surface area contributed by atoms with E-state index in [4.69, 9.17) is 0 Å². The average Bonchev–Trinajstić information content (AvgIpc) is 3.19. The first-order valence-electron chi connectivity index (χ1n) is 9.93. The molecule has 5 nitrogen and oxygen atoms in total. The molecule has 9 heteroatoms. The summed E-state index contributed by atoms with van der Waals surface area (Å²) < 4.78 is 60.9. The van der Waals surface area contributed by atoms with Gasteiger partial charge in [0.2, 0.25) is 0 Å². The van der Waals surface area contributed by atoms with Gasteiger partial charge >= 0.3 is 5.51 Å². The lowest BCUT2D eigenvalue weighted by Gasteiger charge is -2.11. The van der Waals surface area contributed by atoms with Gasteiger partial charge in [0.05, 0.1) is 22.0 Å². The Balaban J connectivity index is 1.59. The van der Waals surface area contributed by atoms with E-state index in [1.165, 1.54) is 12.1 Å². The molecule has 1 atom stereocenters. The molecule has 1 aromatic heterocycles. The van der Waals surface area contributed by atoms with Gasteiger partial charge in [0.15, 0.2) is 0 Å². The first-order valence-corrected chi connectivity index (χ1v) is 11.4. The number of imidazole rings is 1. The van der Waals surface area contributed by atoms with Crippen LogP contribution in [0.2, 0.25) is 0 Å². The third-order valence-electron chi connectivity index (χ3n) is 5.15. The summed E-state index contributed by atoms with van der Waals surface area (Å²) in [7, 11) is -5.37. The fourth-order valence-corrected chi connectivity index (χ4v) is 4.23. The average molecular weight is 472 g/mol. The minimum atomic E-state index is -5.37. The van der Waals surface area contributed by atoms with Gasteiger partial charge in [0.25, 0.3) is 9.84 Å². The van der Waals surface area contributed by atoms with Crippen LogP contribution in [0.3, 0.4) is 0 Å². The molecule has 4 aromatic rings. The van der Waals surface area contributed by atoms with E-state index in [1.807, 2.05) is 42.5 Å². The third kappa shape index (κ3) is 4.55. The number of aliphatic hydroxyl groups is 1. The highest BCUT2D eigenvalue weighted by molar-refractivity contribution is 7.92. The maximum absolute atomic E-state index is 12.7. The van der Waals surface area contributed by atoms with Crippen LogP contribution in [0, 0.1) is 0 Å². The number of aromatic amines is 1. The van der Waals surface area contributed by atoms with Gasteiger partial charge in [-0.3, -0.25) is 0 Å². The minimum Gasteiger partial charge on any atom is -0.389 e. The van der Waals surface area contributed by atoms with Gasteiger partial charge in [-0.15, -0.1) is 0 Å². The Kier molecular flexibility index (Phi) is 5.85. The molecular formula is C24H19F3N2O3S. The predicted octanol–water partition coefficient (Wildman–Crippen LogP) is 5.75. The summed E-state index contributed by atoms with van der Waals surface area (Å²) in [4.78, 5) is 6.84. The van der Waals surface area contributed by atoms with Crippen molar-refractivity contribution >= 4 is 33.0 Å². The van der Waals surface area contributed by atoms with Crippen molar-refractivity contribution in [2.75, 3.05) is 0 Å². The van der Waals surface area contributed by atoms with E-state index in [0.29, 0.717) is 11.4 Å². The molecule has 0 bridgehead atoms. The summed E-state index contributed by atoms with van der Waals surface area (Å²) >= 11 is 0. The highest BCUT2D eigenvalue weighted by Gasteiger charge is 2.46. The highest BCUT2D eigenvalue weighted by atomic mass is 32.2. The molecule has 0 aliphatic rings. The molecule has 0 fully saturated rings. The second kappa shape index (κ2) is 8.49. The van der Waals surface area contributed by atoms with Crippen LogP contribution in [0.25, 0.3) is 34.3 Å². The number of aromatic nitrogens is 2. The van der Waals surface area contributed by atoms with Gasteiger partial charge < -0.3 is 10.1 Å². The van der Waals surface area contributed by atoms with Gasteiger partial charge in [0, 0.05) is 0 Å². The lowest BCUT2D eigenvalue weighted by molar-refractivity contribution is -0.0436. The van der Waals surface area contributed by atoms with Crippen molar-refractivity contribution in [2.45, 2.75) is 23.4 Å². The van der Waals surface area contributed by atoms with Crippen molar-refractivity contribution in [1.82, 2.24) is 9.97 Å². The van der Waals surface area contributed by atoms with Crippen LogP contribution in [-0.4, -0.2) is 29.0 Å². The van der Waals surface area contributed by atoms with Crippen molar-refractivity contribution in [3.63, 3.8) is 0 Å². The Bertz CT molecular complexity index is 1440. The maximum Gasteiger partial charge on any atom is 0.501 e. The molecule has 1 unspecified atom stereocenters. The van der Waals surface area contributed by atoms with Crippen LogP contribution in [0.4, 0.5) is 13.2 Å². The molecule has 2 N–H and O–H groups in total. The van der Waals surface area contributed by atoms with Gasteiger partial charge in [-0.1, -0.05) is 48.5 Å². The van der Waals surface area contributed by atoms with E-state index in [0.717, 1.165) is 39.9 Å². The number of nitrogens with one attached hydrogen (secondary N) is 1. The van der Waals surface area contributed by atoms with Crippen molar-refractivity contribution in [3.05, 3.63) is 83.7 Å². The third-order valence-corrected chi connectivity index (χ3v) is 6.65. The molecule has 33 heavy (non-hydrogen) atoms. The zero-order valence-corrected chi connectivity index (χ0v) is 18.2.